The van der Waals surface area contributed by atoms with E-state index in [1.807, 2.05) is 26.0 Å². The van der Waals surface area contributed by atoms with Crippen molar-refractivity contribution in [2.45, 2.75) is 25.7 Å². The smallest absolute Gasteiger partial charge is 0.339 e. The molecule has 0 fully saturated rings. The first-order valence-corrected chi connectivity index (χ1v) is 7.38. The zero-order valence-corrected chi connectivity index (χ0v) is 12.0. The van der Waals surface area contributed by atoms with Crippen LogP contribution in [-0.2, 0) is 10.1 Å². The molecule has 0 N–H and O–H groups in total. The standard InChI is InChI=1S/C15H16O3S/c1-11-8-9-14(13(3)10-11)18-19(16,17)15-7-5-4-6-12(15)2/h4-10H,1-3H3. The Balaban J connectivity index is 2.40. The SMILES string of the molecule is Cc1ccc(OS(=O)(=O)c2ccccc2C)c(C)c1. The van der Waals surface area contributed by atoms with Gasteiger partial charge in [-0.25, -0.2) is 0 Å². The Labute approximate surface area is 114 Å². The number of hydrogen-bond donors (Lipinski definition) is 0. The highest BCUT2D eigenvalue weighted by Gasteiger charge is 2.19. The third kappa shape index (κ3) is 2.96. The molecule has 0 radical (unpaired) electrons. The van der Waals surface area contributed by atoms with E-state index in [9.17, 15) is 8.42 Å². The van der Waals surface area contributed by atoms with Crippen molar-refractivity contribution in [3.05, 3.63) is 59.2 Å². The predicted octanol–water partition coefficient (Wildman–Crippen LogP) is 3.38. The van der Waals surface area contributed by atoms with Crippen LogP contribution in [-0.4, -0.2) is 8.42 Å². The van der Waals surface area contributed by atoms with Crippen LogP contribution in [0.25, 0.3) is 0 Å². The molecule has 0 amide bonds. The van der Waals surface area contributed by atoms with Gasteiger partial charge >= 0.3 is 10.1 Å². The molecule has 3 nitrogen and oxygen atoms in total. The van der Waals surface area contributed by atoms with Crippen molar-refractivity contribution in [3.8, 4) is 5.75 Å². The van der Waals surface area contributed by atoms with Gasteiger partial charge in [-0.05, 0) is 44.0 Å². The number of hydrogen-bond acceptors (Lipinski definition) is 3. The van der Waals surface area contributed by atoms with Crippen molar-refractivity contribution in [2.75, 3.05) is 0 Å². The van der Waals surface area contributed by atoms with Gasteiger partial charge in [0.25, 0.3) is 0 Å². The van der Waals surface area contributed by atoms with Crippen molar-refractivity contribution in [2.24, 2.45) is 0 Å². The lowest BCUT2D eigenvalue weighted by Gasteiger charge is -2.11. The van der Waals surface area contributed by atoms with E-state index in [0.717, 1.165) is 11.1 Å². The number of aryl methyl sites for hydroxylation is 3. The second-order valence-electron chi connectivity index (χ2n) is 4.57. The van der Waals surface area contributed by atoms with Gasteiger partial charge in [-0.1, -0.05) is 35.9 Å². The first-order chi connectivity index (χ1) is 8.90. The molecule has 2 aromatic carbocycles. The summed E-state index contributed by atoms with van der Waals surface area (Å²) in [4.78, 5) is 0.204. The van der Waals surface area contributed by atoms with Gasteiger partial charge in [0.05, 0.1) is 0 Å². The van der Waals surface area contributed by atoms with Crippen molar-refractivity contribution in [1.82, 2.24) is 0 Å². The van der Waals surface area contributed by atoms with Crippen molar-refractivity contribution >= 4 is 10.1 Å². The highest BCUT2D eigenvalue weighted by Crippen LogP contribution is 2.24. The molecule has 2 aromatic rings. The second-order valence-corrected chi connectivity index (χ2v) is 6.09. The van der Waals surface area contributed by atoms with Gasteiger partial charge in [0.1, 0.15) is 10.6 Å². The summed E-state index contributed by atoms with van der Waals surface area (Å²) in [5, 5.41) is 0. The third-order valence-electron chi connectivity index (χ3n) is 2.89. The van der Waals surface area contributed by atoms with Crippen molar-refractivity contribution < 1.29 is 12.6 Å². The Morgan fingerprint density at radius 1 is 0.895 bits per heavy atom. The van der Waals surface area contributed by atoms with E-state index in [-0.39, 0.29) is 4.90 Å². The van der Waals surface area contributed by atoms with E-state index >= 15 is 0 Å². The van der Waals surface area contributed by atoms with Crippen LogP contribution in [0.4, 0.5) is 0 Å². The molecule has 0 aliphatic carbocycles. The van der Waals surface area contributed by atoms with Crippen LogP contribution < -0.4 is 4.18 Å². The zero-order valence-electron chi connectivity index (χ0n) is 11.2. The van der Waals surface area contributed by atoms with Crippen LogP contribution in [0.3, 0.4) is 0 Å². The molecule has 0 unspecified atom stereocenters. The van der Waals surface area contributed by atoms with E-state index in [2.05, 4.69) is 0 Å². The molecular formula is C15H16O3S. The average molecular weight is 276 g/mol. The quantitative estimate of drug-likeness (QED) is 0.807. The Bertz CT molecular complexity index is 703. The topological polar surface area (TPSA) is 43.4 Å². The summed E-state index contributed by atoms with van der Waals surface area (Å²) in [7, 11) is -3.78. The molecule has 2 rings (SSSR count). The average Bonchev–Trinajstić information content (AvgIpc) is 2.33. The van der Waals surface area contributed by atoms with Crippen LogP contribution in [0.1, 0.15) is 16.7 Å². The molecular weight excluding hydrogens is 260 g/mol. The van der Waals surface area contributed by atoms with E-state index in [1.54, 1.807) is 37.3 Å². The maximum Gasteiger partial charge on any atom is 0.339 e. The predicted molar refractivity (Wildman–Crippen MR) is 74.9 cm³/mol. The molecule has 4 heteroatoms. The van der Waals surface area contributed by atoms with Crippen LogP contribution in [0, 0.1) is 20.8 Å². The maximum absolute atomic E-state index is 12.2. The molecule has 0 bridgehead atoms. The molecule has 0 heterocycles. The first kappa shape index (κ1) is 13.6. The van der Waals surface area contributed by atoms with Crippen LogP contribution in [0.15, 0.2) is 47.4 Å². The molecule has 0 spiro atoms. The van der Waals surface area contributed by atoms with Crippen LogP contribution in [0.2, 0.25) is 0 Å². The summed E-state index contributed by atoms with van der Waals surface area (Å²) >= 11 is 0. The lowest BCUT2D eigenvalue weighted by molar-refractivity contribution is 0.483. The molecule has 19 heavy (non-hydrogen) atoms. The fraction of sp³-hybridized carbons (Fsp3) is 0.200. The summed E-state index contributed by atoms with van der Waals surface area (Å²) < 4.78 is 29.7. The molecule has 100 valence electrons. The molecule has 0 saturated heterocycles. The van der Waals surface area contributed by atoms with Crippen molar-refractivity contribution in [3.63, 3.8) is 0 Å². The Morgan fingerprint density at radius 3 is 2.21 bits per heavy atom. The number of rotatable bonds is 3. The minimum Gasteiger partial charge on any atom is -0.379 e. The largest absolute Gasteiger partial charge is 0.379 e. The minimum absolute atomic E-state index is 0.204. The van der Waals surface area contributed by atoms with E-state index in [0.29, 0.717) is 11.3 Å². The Hall–Kier alpha value is -1.81. The van der Waals surface area contributed by atoms with Gasteiger partial charge in [-0.2, -0.15) is 8.42 Å². The highest BCUT2D eigenvalue weighted by molar-refractivity contribution is 7.87. The lowest BCUT2D eigenvalue weighted by Crippen LogP contribution is -2.11. The van der Waals surface area contributed by atoms with E-state index in [4.69, 9.17) is 4.18 Å². The van der Waals surface area contributed by atoms with Gasteiger partial charge in [0.2, 0.25) is 0 Å². The van der Waals surface area contributed by atoms with E-state index in [1.165, 1.54) is 0 Å². The number of benzene rings is 2. The molecule has 0 atom stereocenters. The molecule has 0 aromatic heterocycles. The van der Waals surface area contributed by atoms with Crippen LogP contribution >= 0.6 is 0 Å². The monoisotopic (exact) mass is 276 g/mol. The third-order valence-corrected chi connectivity index (χ3v) is 4.29. The highest BCUT2D eigenvalue weighted by atomic mass is 32.2. The second kappa shape index (κ2) is 5.05. The summed E-state index contributed by atoms with van der Waals surface area (Å²) in [6, 6.07) is 12.2. The van der Waals surface area contributed by atoms with Gasteiger partial charge in [0.15, 0.2) is 0 Å². The summed E-state index contributed by atoms with van der Waals surface area (Å²) in [6.45, 7) is 5.53. The summed E-state index contributed by atoms with van der Waals surface area (Å²) in [6.07, 6.45) is 0. The minimum atomic E-state index is -3.78. The molecule has 0 aliphatic rings. The summed E-state index contributed by atoms with van der Waals surface area (Å²) in [5.74, 6) is 0.369. The van der Waals surface area contributed by atoms with Gasteiger partial charge < -0.3 is 4.18 Å². The summed E-state index contributed by atoms with van der Waals surface area (Å²) in [5.41, 5.74) is 2.54. The van der Waals surface area contributed by atoms with E-state index < -0.39 is 10.1 Å². The van der Waals surface area contributed by atoms with Crippen LogP contribution in [0.5, 0.6) is 5.75 Å². The lowest BCUT2D eigenvalue weighted by atomic mass is 10.1. The fourth-order valence-electron chi connectivity index (χ4n) is 1.89. The van der Waals surface area contributed by atoms with Gasteiger partial charge in [-0.15, -0.1) is 0 Å². The normalized spacial score (nSPS) is 11.3. The molecule has 0 saturated carbocycles. The Kier molecular flexibility index (Phi) is 3.62. The molecule has 0 aliphatic heterocycles. The maximum atomic E-state index is 12.2. The van der Waals surface area contributed by atoms with Crippen molar-refractivity contribution in [1.29, 1.82) is 0 Å². The first-order valence-electron chi connectivity index (χ1n) is 5.97. The van der Waals surface area contributed by atoms with Gasteiger partial charge in [-0.3, -0.25) is 0 Å². The zero-order chi connectivity index (χ0) is 14.0. The fourth-order valence-corrected chi connectivity index (χ4v) is 3.11. The Morgan fingerprint density at radius 2 is 1.58 bits per heavy atom. The van der Waals surface area contributed by atoms with Gasteiger partial charge in [0, 0.05) is 0 Å².